The summed E-state index contributed by atoms with van der Waals surface area (Å²) in [6.45, 7) is 5.61. The lowest BCUT2D eigenvalue weighted by molar-refractivity contribution is -0.870. The van der Waals surface area contributed by atoms with Gasteiger partial charge in [-0.3, -0.25) is 9.36 Å². The maximum atomic E-state index is 12.3. The highest BCUT2D eigenvalue weighted by Crippen LogP contribution is 2.38. The number of phosphoric acid groups is 1. The molecule has 1 N–H and O–H groups in total. The van der Waals surface area contributed by atoms with Crippen molar-refractivity contribution < 1.29 is 32.5 Å². The number of ether oxygens (including phenoxy) is 1. The second kappa shape index (κ2) is 23.4. The molecule has 222 valence electrons. The topological polar surface area (TPSA) is 96.9 Å². The van der Waals surface area contributed by atoms with Gasteiger partial charge in [0.05, 0.1) is 33.9 Å². The van der Waals surface area contributed by atoms with E-state index >= 15 is 0 Å². The van der Waals surface area contributed by atoms with Gasteiger partial charge in [-0.05, 0) is 12.8 Å². The maximum Gasteiger partial charge on any atom is 0.268 e. The summed E-state index contributed by atoms with van der Waals surface area (Å²) < 4.78 is 28.8. The van der Waals surface area contributed by atoms with Gasteiger partial charge in [0.15, 0.2) is 0 Å². The number of carbonyl (C=O) groups is 1. The third kappa shape index (κ3) is 26.9. The minimum Gasteiger partial charge on any atom is -0.756 e. The van der Waals surface area contributed by atoms with Crippen LogP contribution in [0.1, 0.15) is 117 Å². The molecule has 0 aromatic rings. The fourth-order valence-electron chi connectivity index (χ4n) is 3.85. The van der Waals surface area contributed by atoms with E-state index in [1.54, 1.807) is 0 Å². The molecule has 1 amide bonds. The maximum absolute atomic E-state index is 12.3. The molecule has 0 aliphatic carbocycles. The van der Waals surface area contributed by atoms with E-state index < -0.39 is 13.9 Å². The van der Waals surface area contributed by atoms with Gasteiger partial charge >= 0.3 is 0 Å². The minimum absolute atomic E-state index is 0.0289. The number of likely N-dealkylation sites (N-methyl/N-ethyl adjacent to an activating group) is 1. The van der Waals surface area contributed by atoms with Crippen molar-refractivity contribution in [3.05, 3.63) is 0 Å². The average molecular weight is 551 g/mol. The lowest BCUT2D eigenvalue weighted by atomic mass is 10.1. The number of quaternary nitrogens is 1. The fraction of sp³-hybridized carbons (Fsp3) is 0.964. The highest BCUT2D eigenvalue weighted by Gasteiger charge is 2.18. The predicted octanol–water partition coefficient (Wildman–Crippen LogP) is 5.98. The first-order chi connectivity index (χ1) is 17.6. The normalized spacial score (nSPS) is 14.4. The molecule has 0 spiro atoms. The van der Waals surface area contributed by atoms with Gasteiger partial charge in [0.1, 0.15) is 13.2 Å². The lowest BCUT2D eigenvalue weighted by Crippen LogP contribution is -2.38. The second-order valence-corrected chi connectivity index (χ2v) is 12.6. The van der Waals surface area contributed by atoms with Gasteiger partial charge in [-0.25, -0.2) is 0 Å². The number of unbranched alkanes of at least 4 members (excludes halogenated alkanes) is 13. The van der Waals surface area contributed by atoms with Crippen molar-refractivity contribution >= 4 is 13.7 Å². The Labute approximate surface area is 228 Å². The number of hydrogen-bond donors (Lipinski definition) is 1. The Balaban J connectivity index is 4.39. The van der Waals surface area contributed by atoms with Crippen LogP contribution in [-0.4, -0.2) is 70.5 Å². The first kappa shape index (κ1) is 36.5. The van der Waals surface area contributed by atoms with E-state index in [-0.39, 0.29) is 25.7 Å². The summed E-state index contributed by atoms with van der Waals surface area (Å²) in [4.78, 5) is 24.5. The number of phosphoric ester groups is 1. The Morgan fingerprint density at radius 3 is 1.84 bits per heavy atom. The second-order valence-electron chi connectivity index (χ2n) is 11.2. The Morgan fingerprint density at radius 1 is 0.784 bits per heavy atom. The molecule has 0 radical (unpaired) electrons. The number of amides is 1. The fourth-order valence-corrected chi connectivity index (χ4v) is 4.58. The van der Waals surface area contributed by atoms with E-state index in [9.17, 15) is 14.3 Å². The van der Waals surface area contributed by atoms with E-state index in [0.717, 1.165) is 25.7 Å². The molecule has 0 fully saturated rings. The number of nitrogens with one attached hydrogen (secondary N) is 1. The Morgan fingerprint density at radius 2 is 1.30 bits per heavy atom. The van der Waals surface area contributed by atoms with Crippen LogP contribution in [0.5, 0.6) is 0 Å². The monoisotopic (exact) mass is 550 g/mol. The molecule has 0 aromatic heterocycles. The van der Waals surface area contributed by atoms with Crippen LogP contribution in [0.3, 0.4) is 0 Å². The number of nitrogens with zero attached hydrogens (tertiary/aromatic N) is 1. The van der Waals surface area contributed by atoms with Crippen LogP contribution in [0.4, 0.5) is 0 Å². The standard InChI is InChI=1S/C28H59N2O6P/c1-6-8-10-12-14-16-18-20-23-34-27(26-36-37(32,33)35-24-22-30(3,4)5)25-29-28(31)21-19-17-15-13-11-9-7-2/h27H,6-26H2,1-5H3,(H-,29,31,32,33). The summed E-state index contributed by atoms with van der Waals surface area (Å²) >= 11 is 0. The third-order valence-corrected chi connectivity index (χ3v) is 7.28. The van der Waals surface area contributed by atoms with E-state index in [0.29, 0.717) is 24.1 Å². The van der Waals surface area contributed by atoms with E-state index in [4.69, 9.17) is 13.8 Å². The van der Waals surface area contributed by atoms with Crippen LogP contribution in [-0.2, 0) is 23.1 Å². The van der Waals surface area contributed by atoms with Crippen molar-refractivity contribution in [3.8, 4) is 0 Å². The summed E-state index contributed by atoms with van der Waals surface area (Å²) in [5.74, 6) is -0.0289. The summed E-state index contributed by atoms with van der Waals surface area (Å²) in [6, 6.07) is 0. The molecule has 9 heteroatoms. The molecule has 8 nitrogen and oxygen atoms in total. The molecular weight excluding hydrogens is 491 g/mol. The number of rotatable bonds is 27. The molecule has 0 aliphatic heterocycles. The van der Waals surface area contributed by atoms with Gasteiger partial charge in [0, 0.05) is 19.6 Å². The van der Waals surface area contributed by atoms with Gasteiger partial charge in [-0.1, -0.05) is 97.3 Å². The summed E-state index contributed by atoms with van der Waals surface area (Å²) in [7, 11) is 1.46. The highest BCUT2D eigenvalue weighted by molar-refractivity contribution is 7.45. The molecule has 0 saturated carbocycles. The van der Waals surface area contributed by atoms with Crippen LogP contribution in [0.2, 0.25) is 0 Å². The van der Waals surface area contributed by atoms with Gasteiger partial charge in [0.25, 0.3) is 7.82 Å². The average Bonchev–Trinajstić information content (AvgIpc) is 2.82. The summed E-state index contributed by atoms with van der Waals surface area (Å²) in [5.41, 5.74) is 0. The van der Waals surface area contributed by atoms with E-state index in [2.05, 4.69) is 19.2 Å². The van der Waals surface area contributed by atoms with Crippen LogP contribution in [0, 0.1) is 0 Å². The highest BCUT2D eigenvalue weighted by atomic mass is 31.2. The van der Waals surface area contributed by atoms with Crippen LogP contribution in [0.25, 0.3) is 0 Å². The first-order valence-electron chi connectivity index (χ1n) is 14.9. The Bertz CT molecular complexity index is 586. The summed E-state index contributed by atoms with van der Waals surface area (Å²) in [5, 5.41) is 2.90. The molecule has 37 heavy (non-hydrogen) atoms. The van der Waals surface area contributed by atoms with Gasteiger partial charge < -0.3 is 28.5 Å². The zero-order valence-electron chi connectivity index (χ0n) is 24.8. The SMILES string of the molecule is CCCCCCCCCCOC(CNC(=O)CCCCCCCCC)COP(=O)([O-])OCC[N+](C)(C)C. The number of carbonyl (C=O) groups excluding carboxylic acids is 1. The van der Waals surface area contributed by atoms with Gasteiger partial charge in [0.2, 0.25) is 5.91 Å². The predicted molar refractivity (Wildman–Crippen MR) is 150 cm³/mol. The first-order valence-corrected chi connectivity index (χ1v) is 16.3. The minimum atomic E-state index is -4.43. The van der Waals surface area contributed by atoms with Crippen molar-refractivity contribution in [3.63, 3.8) is 0 Å². The molecule has 0 heterocycles. The molecule has 0 saturated heterocycles. The molecule has 2 unspecified atom stereocenters. The zero-order chi connectivity index (χ0) is 27.8. The molecule has 2 atom stereocenters. The van der Waals surface area contributed by atoms with Crippen molar-refractivity contribution in [1.29, 1.82) is 0 Å². The molecule has 0 aliphatic rings. The van der Waals surface area contributed by atoms with Gasteiger partial charge in [-0.2, -0.15) is 0 Å². The third-order valence-electron chi connectivity index (χ3n) is 6.32. The largest absolute Gasteiger partial charge is 0.756 e. The Hall–Kier alpha value is -0.500. The van der Waals surface area contributed by atoms with Crippen LogP contribution >= 0.6 is 7.82 Å². The number of hydrogen-bond acceptors (Lipinski definition) is 6. The quantitative estimate of drug-likeness (QED) is 0.0768. The lowest BCUT2D eigenvalue weighted by Gasteiger charge is -2.28. The van der Waals surface area contributed by atoms with Crippen molar-refractivity contribution in [1.82, 2.24) is 5.32 Å². The van der Waals surface area contributed by atoms with E-state index in [1.165, 1.54) is 70.6 Å². The van der Waals surface area contributed by atoms with Crippen molar-refractivity contribution in [2.45, 2.75) is 123 Å². The van der Waals surface area contributed by atoms with E-state index in [1.807, 2.05) is 21.1 Å². The molecule has 0 aromatic carbocycles. The van der Waals surface area contributed by atoms with Gasteiger partial charge in [-0.15, -0.1) is 0 Å². The van der Waals surface area contributed by atoms with Crippen molar-refractivity contribution in [2.24, 2.45) is 0 Å². The Kier molecular flexibility index (Phi) is 23.1. The van der Waals surface area contributed by atoms with Crippen LogP contribution in [0.15, 0.2) is 0 Å². The molecule has 0 rings (SSSR count). The molecule has 0 bridgehead atoms. The smallest absolute Gasteiger partial charge is 0.268 e. The summed E-state index contributed by atoms with van der Waals surface area (Å²) in [6.07, 6.45) is 17.6. The van der Waals surface area contributed by atoms with Crippen LogP contribution < -0.4 is 10.2 Å². The zero-order valence-corrected chi connectivity index (χ0v) is 25.7. The molecular formula is C28H59N2O6P. The van der Waals surface area contributed by atoms with Crippen molar-refractivity contribution in [2.75, 3.05) is 54.1 Å².